The van der Waals surface area contributed by atoms with Gasteiger partial charge in [-0.2, -0.15) is 13.2 Å². The van der Waals surface area contributed by atoms with E-state index in [4.69, 9.17) is 16.7 Å². The molecule has 0 aliphatic rings. The highest BCUT2D eigenvalue weighted by molar-refractivity contribution is 6.21. The fraction of sp³-hybridized carbons (Fsp3) is 0.375. The van der Waals surface area contributed by atoms with Gasteiger partial charge in [0.05, 0.1) is 0 Å². The number of aromatic nitrogens is 1. The molecule has 0 fully saturated rings. The van der Waals surface area contributed by atoms with E-state index in [1.54, 1.807) is 0 Å². The van der Waals surface area contributed by atoms with Gasteiger partial charge in [-0.15, -0.1) is 11.6 Å². The van der Waals surface area contributed by atoms with Crippen LogP contribution in [0.3, 0.4) is 0 Å². The molecule has 3 nitrogen and oxygen atoms in total. The monoisotopic (exact) mass is 241 g/mol. The highest BCUT2D eigenvalue weighted by Crippen LogP contribution is 2.37. The molecule has 1 aromatic heterocycles. The maximum Gasteiger partial charge on any atom is 0.410 e. The molecule has 1 atom stereocenters. The molecule has 1 rings (SSSR count). The average Bonchev–Trinajstić information content (AvgIpc) is 2.08. The van der Waals surface area contributed by atoms with Crippen molar-refractivity contribution in [3.8, 4) is 5.75 Å². The van der Waals surface area contributed by atoms with Gasteiger partial charge in [-0.05, 0) is 0 Å². The lowest BCUT2D eigenvalue weighted by molar-refractivity contribution is -0.132. The van der Waals surface area contributed by atoms with Gasteiger partial charge in [-0.3, -0.25) is 4.79 Å². The molecule has 0 aliphatic heterocycles. The first-order valence-corrected chi connectivity index (χ1v) is 4.27. The average molecular weight is 242 g/mol. The number of aryl methyl sites for hydroxylation is 1. The van der Waals surface area contributed by atoms with E-state index in [0.29, 0.717) is 6.07 Å². The number of halogens is 4. The van der Waals surface area contributed by atoms with E-state index in [2.05, 4.69) is 0 Å². The summed E-state index contributed by atoms with van der Waals surface area (Å²) in [5.41, 5.74) is -1.30. The van der Waals surface area contributed by atoms with Crippen LogP contribution in [0.5, 0.6) is 5.75 Å². The van der Waals surface area contributed by atoms with Crippen LogP contribution in [0.4, 0.5) is 13.2 Å². The summed E-state index contributed by atoms with van der Waals surface area (Å²) in [7, 11) is 1.26. The van der Waals surface area contributed by atoms with Crippen LogP contribution in [0, 0.1) is 0 Å². The van der Waals surface area contributed by atoms with Crippen LogP contribution in [0.15, 0.2) is 17.1 Å². The summed E-state index contributed by atoms with van der Waals surface area (Å²) >= 11 is 5.15. The Labute approximate surface area is 87.7 Å². The molecule has 1 heterocycles. The second-order valence-corrected chi connectivity index (χ2v) is 3.40. The minimum atomic E-state index is -4.64. The molecule has 84 valence electrons. The van der Waals surface area contributed by atoms with E-state index in [1.807, 2.05) is 0 Å². The smallest absolute Gasteiger partial charge is 0.410 e. The molecule has 0 saturated carbocycles. The third-order valence-corrected chi connectivity index (χ3v) is 2.27. The summed E-state index contributed by atoms with van der Waals surface area (Å²) in [6.45, 7) is 0. The summed E-state index contributed by atoms with van der Waals surface area (Å²) < 4.78 is 37.7. The van der Waals surface area contributed by atoms with Crippen LogP contribution in [0.2, 0.25) is 0 Å². The van der Waals surface area contributed by atoms with Gasteiger partial charge in [-0.25, -0.2) is 0 Å². The minimum absolute atomic E-state index is 0.410. The van der Waals surface area contributed by atoms with Gasteiger partial charge in [0.1, 0.15) is 0 Å². The highest BCUT2D eigenvalue weighted by atomic mass is 35.5. The third kappa shape index (κ3) is 2.44. The maximum absolute atomic E-state index is 12.2. The molecule has 0 bridgehead atoms. The van der Waals surface area contributed by atoms with Crippen molar-refractivity contribution in [1.29, 1.82) is 0 Å². The van der Waals surface area contributed by atoms with E-state index in [0.717, 1.165) is 10.8 Å². The number of hydrogen-bond acceptors (Lipinski definition) is 2. The molecule has 1 aromatic rings. The first-order valence-electron chi connectivity index (χ1n) is 3.84. The molecule has 0 spiro atoms. The van der Waals surface area contributed by atoms with Gasteiger partial charge in [0, 0.05) is 25.0 Å². The summed E-state index contributed by atoms with van der Waals surface area (Å²) in [6, 6.07) is 0.667. The number of aromatic hydroxyl groups is 1. The van der Waals surface area contributed by atoms with Crippen LogP contribution in [-0.2, 0) is 7.05 Å². The zero-order valence-electron chi connectivity index (χ0n) is 7.55. The Balaban J connectivity index is 3.27. The molecule has 7 heteroatoms. The molecule has 1 unspecified atom stereocenters. The van der Waals surface area contributed by atoms with Crippen molar-refractivity contribution in [2.45, 2.75) is 11.6 Å². The molecule has 1 N–H and O–H groups in total. The molecular weight excluding hydrogens is 235 g/mol. The van der Waals surface area contributed by atoms with E-state index >= 15 is 0 Å². The molecule has 0 amide bonds. The molecule has 15 heavy (non-hydrogen) atoms. The zero-order valence-corrected chi connectivity index (χ0v) is 8.30. The second-order valence-electron chi connectivity index (χ2n) is 2.96. The Kier molecular flexibility index (Phi) is 2.99. The van der Waals surface area contributed by atoms with Crippen LogP contribution in [0.25, 0.3) is 0 Å². The first kappa shape index (κ1) is 11.9. The second kappa shape index (κ2) is 3.77. The number of rotatable bonds is 1. The summed E-state index contributed by atoms with van der Waals surface area (Å²) in [5, 5.41) is 6.68. The predicted octanol–water partition coefficient (Wildman–Crippen LogP) is 1.93. The van der Waals surface area contributed by atoms with Crippen LogP contribution < -0.4 is 5.43 Å². The summed E-state index contributed by atoms with van der Waals surface area (Å²) in [4.78, 5) is 10.9. The van der Waals surface area contributed by atoms with E-state index in [9.17, 15) is 18.0 Å². The van der Waals surface area contributed by atoms with Crippen LogP contribution in [-0.4, -0.2) is 15.8 Å². The maximum atomic E-state index is 12.2. The van der Waals surface area contributed by atoms with Gasteiger partial charge < -0.3 is 9.67 Å². The van der Waals surface area contributed by atoms with Gasteiger partial charge >= 0.3 is 6.18 Å². The van der Waals surface area contributed by atoms with Crippen molar-refractivity contribution in [2.24, 2.45) is 7.05 Å². The Morgan fingerprint density at radius 1 is 1.53 bits per heavy atom. The topological polar surface area (TPSA) is 42.2 Å². The van der Waals surface area contributed by atoms with E-state index < -0.39 is 28.4 Å². The SMILES string of the molecule is Cn1cc(O)c(=O)cc1C(Cl)C(F)(F)F. The van der Waals surface area contributed by atoms with Crippen molar-refractivity contribution in [1.82, 2.24) is 4.57 Å². The Hall–Kier alpha value is -1.17. The number of pyridine rings is 1. The molecule has 0 aromatic carbocycles. The van der Waals surface area contributed by atoms with Crippen molar-refractivity contribution in [2.75, 3.05) is 0 Å². The summed E-state index contributed by atoms with van der Waals surface area (Å²) in [5.74, 6) is -0.618. The lowest BCUT2D eigenvalue weighted by atomic mass is 10.2. The van der Waals surface area contributed by atoms with Gasteiger partial charge in [-0.1, -0.05) is 0 Å². The third-order valence-electron chi connectivity index (χ3n) is 1.80. The molecule has 0 saturated heterocycles. The largest absolute Gasteiger partial charge is 0.503 e. The standard InChI is InChI=1S/C8H7ClF3NO2/c1-13-3-6(15)5(14)2-4(13)7(9)8(10,11)12/h2-3,7,15H,1H3. The molecular formula is C8H7ClF3NO2. The number of hydrogen-bond donors (Lipinski definition) is 1. The number of nitrogens with zero attached hydrogens (tertiary/aromatic N) is 1. The Morgan fingerprint density at radius 2 is 2.07 bits per heavy atom. The number of alkyl halides is 4. The van der Waals surface area contributed by atoms with Crippen molar-refractivity contribution in [3.63, 3.8) is 0 Å². The van der Waals surface area contributed by atoms with Gasteiger partial charge in [0.15, 0.2) is 11.1 Å². The highest BCUT2D eigenvalue weighted by Gasteiger charge is 2.40. The zero-order chi connectivity index (χ0) is 11.8. The summed E-state index contributed by atoms with van der Waals surface area (Å²) in [6.07, 6.45) is -3.75. The van der Waals surface area contributed by atoms with Gasteiger partial charge in [0.25, 0.3) is 0 Å². The first-order chi connectivity index (χ1) is 6.73. The molecule has 0 aliphatic carbocycles. The Morgan fingerprint density at radius 3 is 2.53 bits per heavy atom. The van der Waals surface area contributed by atoms with Crippen molar-refractivity contribution < 1.29 is 18.3 Å². The Bertz CT molecular complexity index is 427. The van der Waals surface area contributed by atoms with Crippen LogP contribution >= 0.6 is 11.6 Å². The van der Waals surface area contributed by atoms with Crippen LogP contribution in [0.1, 0.15) is 11.1 Å². The lowest BCUT2D eigenvalue weighted by Gasteiger charge is -2.16. The van der Waals surface area contributed by atoms with Crippen molar-refractivity contribution in [3.05, 3.63) is 28.2 Å². The molecule has 0 radical (unpaired) electrons. The minimum Gasteiger partial charge on any atom is -0.503 e. The fourth-order valence-corrected chi connectivity index (χ4v) is 1.27. The predicted molar refractivity (Wildman–Crippen MR) is 48.0 cm³/mol. The van der Waals surface area contributed by atoms with Gasteiger partial charge in [0.2, 0.25) is 5.43 Å². The van der Waals surface area contributed by atoms with E-state index in [-0.39, 0.29) is 0 Å². The quantitative estimate of drug-likeness (QED) is 0.764. The normalized spacial score (nSPS) is 13.9. The lowest BCUT2D eigenvalue weighted by Crippen LogP contribution is -2.21. The fourth-order valence-electron chi connectivity index (χ4n) is 1.05. The van der Waals surface area contributed by atoms with Crippen molar-refractivity contribution >= 4 is 11.6 Å². The van der Waals surface area contributed by atoms with E-state index in [1.165, 1.54) is 7.05 Å².